The number of nitrogens with zero attached hydrogens (tertiary/aromatic N) is 1. The minimum absolute atomic E-state index is 0.0274. The monoisotopic (exact) mass is 377 g/mol. The number of thiophene rings is 1. The summed E-state index contributed by atoms with van der Waals surface area (Å²) in [5, 5.41) is 7.63. The van der Waals surface area contributed by atoms with Crippen LogP contribution in [0.25, 0.3) is 0 Å². The number of sulfonamides is 1. The van der Waals surface area contributed by atoms with Gasteiger partial charge in [0.15, 0.2) is 5.82 Å². The Balaban J connectivity index is 1.75. The Bertz CT molecular complexity index is 1000. The molecule has 3 aromatic rings. The van der Waals surface area contributed by atoms with Gasteiger partial charge in [-0.3, -0.25) is 9.52 Å². The average molecular weight is 377 g/mol. The van der Waals surface area contributed by atoms with E-state index in [-0.39, 0.29) is 15.6 Å². The zero-order chi connectivity index (χ0) is 18.0. The van der Waals surface area contributed by atoms with Crippen molar-refractivity contribution in [2.75, 3.05) is 10.0 Å². The molecular formula is C16H15N3O4S2. The molecule has 0 aliphatic carbocycles. The summed E-state index contributed by atoms with van der Waals surface area (Å²) in [7, 11) is -3.76. The van der Waals surface area contributed by atoms with E-state index in [4.69, 9.17) is 4.52 Å². The molecule has 0 fully saturated rings. The maximum absolute atomic E-state index is 12.4. The van der Waals surface area contributed by atoms with Crippen molar-refractivity contribution >= 4 is 38.8 Å². The summed E-state index contributed by atoms with van der Waals surface area (Å²) in [6, 6.07) is 9.87. The van der Waals surface area contributed by atoms with Crippen molar-refractivity contribution in [3.63, 3.8) is 0 Å². The number of carbonyl (C=O) groups is 1. The highest BCUT2D eigenvalue weighted by atomic mass is 32.2. The number of aromatic nitrogens is 1. The van der Waals surface area contributed by atoms with Crippen LogP contribution < -0.4 is 10.0 Å². The van der Waals surface area contributed by atoms with Crippen LogP contribution in [0.15, 0.2) is 51.2 Å². The minimum Gasteiger partial charge on any atom is -0.360 e. The number of carbonyl (C=O) groups excluding carboxylic acids is 1. The predicted molar refractivity (Wildman–Crippen MR) is 95.5 cm³/mol. The largest absolute Gasteiger partial charge is 0.360 e. The number of anilines is 2. The van der Waals surface area contributed by atoms with Gasteiger partial charge in [-0.1, -0.05) is 22.9 Å². The highest BCUT2D eigenvalue weighted by Gasteiger charge is 2.19. The molecule has 0 aliphatic rings. The smallest absolute Gasteiger partial charge is 0.267 e. The van der Waals surface area contributed by atoms with E-state index in [9.17, 15) is 13.2 Å². The van der Waals surface area contributed by atoms with Gasteiger partial charge in [0.1, 0.15) is 5.76 Å². The lowest BCUT2D eigenvalue weighted by Gasteiger charge is -2.06. The number of amides is 1. The van der Waals surface area contributed by atoms with Gasteiger partial charge in [-0.05, 0) is 32.0 Å². The van der Waals surface area contributed by atoms with Gasteiger partial charge < -0.3 is 9.84 Å². The second-order valence-corrected chi connectivity index (χ2v) is 7.99. The minimum atomic E-state index is -3.76. The highest BCUT2D eigenvalue weighted by Crippen LogP contribution is 2.23. The molecule has 0 radical (unpaired) electrons. The van der Waals surface area contributed by atoms with Crippen LogP contribution in [0, 0.1) is 13.8 Å². The molecule has 3 rings (SSSR count). The van der Waals surface area contributed by atoms with Crippen LogP contribution in [0.3, 0.4) is 0 Å². The second kappa shape index (κ2) is 6.69. The normalized spacial score (nSPS) is 11.3. The van der Waals surface area contributed by atoms with E-state index in [2.05, 4.69) is 15.2 Å². The first-order valence-corrected chi connectivity index (χ1v) is 9.62. The highest BCUT2D eigenvalue weighted by molar-refractivity contribution is 7.92. The second-order valence-electron chi connectivity index (χ2n) is 5.40. The molecule has 130 valence electrons. The Morgan fingerprint density at radius 2 is 1.88 bits per heavy atom. The van der Waals surface area contributed by atoms with E-state index < -0.39 is 15.9 Å². The van der Waals surface area contributed by atoms with Gasteiger partial charge >= 0.3 is 0 Å². The van der Waals surface area contributed by atoms with Crippen LogP contribution in [-0.2, 0) is 10.0 Å². The lowest BCUT2D eigenvalue weighted by molar-refractivity contribution is 0.102. The van der Waals surface area contributed by atoms with Gasteiger partial charge in [-0.2, -0.15) is 0 Å². The summed E-state index contributed by atoms with van der Waals surface area (Å²) < 4.78 is 32.2. The van der Waals surface area contributed by atoms with Crippen molar-refractivity contribution in [1.29, 1.82) is 0 Å². The van der Waals surface area contributed by atoms with Crippen molar-refractivity contribution in [3.8, 4) is 0 Å². The maximum atomic E-state index is 12.4. The standard InChI is InChI=1S/C16H15N3O4S2/c1-10-3-5-12(6-4-10)19-25(21,22)13-8-14(24-9-13)16(20)17-15-7-11(2)23-18-15/h3-9,19H,1-2H3,(H,17,18,20). The lowest BCUT2D eigenvalue weighted by atomic mass is 10.2. The molecule has 9 heteroatoms. The fourth-order valence-electron chi connectivity index (χ4n) is 2.02. The Morgan fingerprint density at radius 3 is 2.52 bits per heavy atom. The molecule has 0 unspecified atom stereocenters. The van der Waals surface area contributed by atoms with E-state index in [0.29, 0.717) is 11.4 Å². The number of hydrogen-bond donors (Lipinski definition) is 2. The number of benzene rings is 1. The zero-order valence-electron chi connectivity index (χ0n) is 13.4. The third-order valence-electron chi connectivity index (χ3n) is 3.28. The van der Waals surface area contributed by atoms with Crippen LogP contribution >= 0.6 is 11.3 Å². The number of aryl methyl sites for hydroxylation is 2. The van der Waals surface area contributed by atoms with Crippen LogP contribution in [0.5, 0.6) is 0 Å². The maximum Gasteiger partial charge on any atom is 0.267 e. The van der Waals surface area contributed by atoms with E-state index in [0.717, 1.165) is 16.9 Å². The topological polar surface area (TPSA) is 101 Å². The van der Waals surface area contributed by atoms with E-state index >= 15 is 0 Å². The summed E-state index contributed by atoms with van der Waals surface area (Å²) in [5.41, 5.74) is 1.49. The van der Waals surface area contributed by atoms with E-state index in [1.54, 1.807) is 25.1 Å². The van der Waals surface area contributed by atoms with E-state index in [1.165, 1.54) is 11.4 Å². The number of nitrogens with one attached hydrogen (secondary N) is 2. The quantitative estimate of drug-likeness (QED) is 0.709. The molecule has 0 saturated carbocycles. The van der Waals surface area contributed by atoms with Gasteiger partial charge in [-0.15, -0.1) is 11.3 Å². The first-order chi connectivity index (χ1) is 11.8. The number of hydrogen-bond acceptors (Lipinski definition) is 6. The van der Waals surface area contributed by atoms with Crippen LogP contribution in [0.2, 0.25) is 0 Å². The molecule has 2 aromatic heterocycles. The van der Waals surface area contributed by atoms with Gasteiger partial charge in [0, 0.05) is 17.1 Å². The van der Waals surface area contributed by atoms with Crippen molar-refractivity contribution < 1.29 is 17.7 Å². The lowest BCUT2D eigenvalue weighted by Crippen LogP contribution is -2.13. The molecule has 0 bridgehead atoms. The average Bonchev–Trinajstić information content (AvgIpc) is 3.19. The van der Waals surface area contributed by atoms with Crippen molar-refractivity contribution in [2.45, 2.75) is 18.7 Å². The van der Waals surface area contributed by atoms with Crippen LogP contribution in [0.4, 0.5) is 11.5 Å². The molecule has 0 spiro atoms. The molecule has 0 saturated heterocycles. The molecule has 1 aromatic carbocycles. The fourth-order valence-corrected chi connectivity index (χ4v) is 4.24. The summed E-state index contributed by atoms with van der Waals surface area (Å²) in [4.78, 5) is 12.4. The summed E-state index contributed by atoms with van der Waals surface area (Å²) in [6.07, 6.45) is 0. The van der Waals surface area contributed by atoms with E-state index in [1.807, 2.05) is 19.1 Å². The molecule has 2 heterocycles. The molecular weight excluding hydrogens is 362 g/mol. The SMILES string of the molecule is Cc1ccc(NS(=O)(=O)c2csc(C(=O)Nc3cc(C)on3)c2)cc1. The molecule has 2 N–H and O–H groups in total. The van der Waals surface area contributed by atoms with Gasteiger partial charge in [0.05, 0.1) is 9.77 Å². The summed E-state index contributed by atoms with van der Waals surface area (Å²) in [6.45, 7) is 3.62. The molecule has 7 nitrogen and oxygen atoms in total. The molecule has 1 amide bonds. The third kappa shape index (κ3) is 4.06. The number of rotatable bonds is 5. The first kappa shape index (κ1) is 17.2. The van der Waals surface area contributed by atoms with Crippen molar-refractivity contribution in [2.24, 2.45) is 0 Å². The Morgan fingerprint density at radius 1 is 1.16 bits per heavy atom. The van der Waals surface area contributed by atoms with Crippen LogP contribution in [0.1, 0.15) is 21.0 Å². The molecule has 25 heavy (non-hydrogen) atoms. The van der Waals surface area contributed by atoms with Crippen LogP contribution in [-0.4, -0.2) is 19.5 Å². The predicted octanol–water partition coefficient (Wildman–Crippen LogP) is 3.41. The van der Waals surface area contributed by atoms with Gasteiger partial charge in [0.2, 0.25) is 0 Å². The Labute approximate surface area is 148 Å². The van der Waals surface area contributed by atoms with Gasteiger partial charge in [-0.25, -0.2) is 8.42 Å². The fraction of sp³-hybridized carbons (Fsp3) is 0.125. The van der Waals surface area contributed by atoms with Crippen molar-refractivity contribution in [1.82, 2.24) is 5.16 Å². The first-order valence-electron chi connectivity index (χ1n) is 7.26. The van der Waals surface area contributed by atoms with Gasteiger partial charge in [0.25, 0.3) is 15.9 Å². The summed E-state index contributed by atoms with van der Waals surface area (Å²) in [5.74, 6) is 0.389. The Kier molecular flexibility index (Phi) is 4.60. The molecule has 0 aliphatic heterocycles. The van der Waals surface area contributed by atoms with Crippen molar-refractivity contribution in [3.05, 3.63) is 58.0 Å². The Hall–Kier alpha value is -2.65. The third-order valence-corrected chi connectivity index (χ3v) is 5.72. The zero-order valence-corrected chi connectivity index (χ0v) is 15.1. The molecule has 0 atom stereocenters. The summed E-state index contributed by atoms with van der Waals surface area (Å²) >= 11 is 1.03.